The number of carbonyl (C=O) groups is 9. The zero-order valence-corrected chi connectivity index (χ0v) is 25.7. The van der Waals surface area contributed by atoms with Crippen LogP contribution in [-0.2, 0) is 9.59 Å². The molecule has 0 aliphatic carbocycles. The molecule has 0 unspecified atom stereocenters. The summed E-state index contributed by atoms with van der Waals surface area (Å²) in [5.74, 6) is -9.01. The van der Waals surface area contributed by atoms with E-state index in [1.807, 2.05) is 0 Å². The van der Waals surface area contributed by atoms with Gasteiger partial charge >= 0.3 is 23.9 Å². The van der Waals surface area contributed by atoms with Crippen molar-refractivity contribution in [2.75, 3.05) is 9.80 Å². The van der Waals surface area contributed by atoms with E-state index < -0.39 is 64.4 Å². The van der Waals surface area contributed by atoms with E-state index in [1.54, 1.807) is 0 Å². The van der Waals surface area contributed by atoms with E-state index in [4.69, 9.17) is 9.47 Å². The first kappa shape index (κ1) is 32.6. The van der Waals surface area contributed by atoms with E-state index in [2.05, 4.69) is 0 Å². The molecule has 4 aromatic rings. The van der Waals surface area contributed by atoms with E-state index in [-0.39, 0.29) is 56.3 Å². The lowest BCUT2D eigenvalue weighted by atomic mass is 9.96. The van der Waals surface area contributed by atoms with Gasteiger partial charge in [0, 0.05) is 25.0 Å². The van der Waals surface area contributed by atoms with Crippen LogP contribution in [0.5, 0.6) is 11.5 Å². The standard InChI is InChI=1S/C35H20N2O13/c1-15(38)49-19-5-9-27(25(13-19)34(45)46)36-30(41)21-7-3-17(11-23(21)32(36)43)29(40)18-4-8-22-24(12-18)33(44)37(31(22)42)28-10-6-20(50-16(2)39)14-26(28)35(47)48/h3-14H,1-2H3,(H,45,46)(H,47,48). The summed E-state index contributed by atoms with van der Waals surface area (Å²) < 4.78 is 9.82. The molecule has 2 N–H and O–H groups in total. The number of carboxylic acids is 2. The Kier molecular flexibility index (Phi) is 7.87. The number of amides is 4. The molecule has 4 aromatic carbocycles. The minimum Gasteiger partial charge on any atom is -0.478 e. The van der Waals surface area contributed by atoms with Crippen molar-refractivity contribution < 1.29 is 62.8 Å². The fraction of sp³-hybridized carbons (Fsp3) is 0.0571. The highest BCUT2D eigenvalue weighted by Crippen LogP contribution is 2.36. The summed E-state index contributed by atoms with van der Waals surface area (Å²) in [6, 6.07) is 13.9. The summed E-state index contributed by atoms with van der Waals surface area (Å²) in [4.78, 5) is 115. The summed E-state index contributed by atoms with van der Waals surface area (Å²) in [5.41, 5.74) is -2.43. The zero-order valence-electron chi connectivity index (χ0n) is 25.7. The minimum absolute atomic E-state index is 0.0850. The van der Waals surface area contributed by atoms with Gasteiger partial charge in [0.15, 0.2) is 5.78 Å². The molecule has 0 fully saturated rings. The van der Waals surface area contributed by atoms with Gasteiger partial charge in [0.25, 0.3) is 23.6 Å². The molecule has 15 heteroatoms. The normalized spacial score (nSPS) is 13.2. The van der Waals surface area contributed by atoms with Crippen molar-refractivity contribution in [2.24, 2.45) is 0 Å². The Balaban J connectivity index is 1.30. The van der Waals surface area contributed by atoms with Gasteiger partial charge < -0.3 is 19.7 Å². The van der Waals surface area contributed by atoms with Crippen LogP contribution in [0.15, 0.2) is 72.8 Å². The molecular formula is C35H20N2O13. The number of aromatic carboxylic acids is 2. The third kappa shape index (κ3) is 5.43. The SMILES string of the molecule is CC(=O)Oc1ccc(N2C(=O)c3ccc(C(=O)c4ccc5c(c4)C(=O)N(c4ccc(OC(C)=O)cc4C(=O)O)C5=O)cc3C2=O)c(C(=O)O)c1. The molecule has 15 nitrogen and oxygen atoms in total. The van der Waals surface area contributed by atoms with Crippen LogP contribution < -0.4 is 19.3 Å². The lowest BCUT2D eigenvalue weighted by molar-refractivity contribution is -0.132. The van der Waals surface area contributed by atoms with E-state index in [0.717, 1.165) is 50.2 Å². The average molecular weight is 677 g/mol. The molecule has 0 bridgehead atoms. The van der Waals surface area contributed by atoms with Crippen LogP contribution in [0.3, 0.4) is 0 Å². The first-order valence-electron chi connectivity index (χ1n) is 14.4. The summed E-state index contributed by atoms with van der Waals surface area (Å²) in [6.45, 7) is 2.22. The van der Waals surface area contributed by atoms with Gasteiger partial charge in [0.1, 0.15) is 11.5 Å². The molecule has 0 atom stereocenters. The molecule has 50 heavy (non-hydrogen) atoms. The Labute approximate surface area is 279 Å². The van der Waals surface area contributed by atoms with Gasteiger partial charge in [-0.2, -0.15) is 0 Å². The maximum atomic E-state index is 13.6. The second-order valence-corrected chi connectivity index (χ2v) is 10.9. The number of carboxylic acid groups (broad SMARTS) is 2. The van der Waals surface area contributed by atoms with Crippen molar-refractivity contribution in [3.63, 3.8) is 0 Å². The number of hydrogen-bond donors (Lipinski definition) is 2. The topological polar surface area (TPSA) is 219 Å². The minimum atomic E-state index is -1.51. The van der Waals surface area contributed by atoms with Gasteiger partial charge in [0.05, 0.1) is 44.8 Å². The fourth-order valence-electron chi connectivity index (χ4n) is 5.59. The largest absolute Gasteiger partial charge is 0.478 e. The number of ether oxygens (including phenoxy) is 2. The summed E-state index contributed by atoms with van der Waals surface area (Å²) in [5, 5.41) is 19.5. The smallest absolute Gasteiger partial charge is 0.337 e. The number of carbonyl (C=O) groups excluding carboxylic acids is 7. The number of ketones is 1. The molecule has 6 rings (SSSR count). The van der Waals surface area contributed by atoms with E-state index in [1.165, 1.54) is 36.4 Å². The number of nitrogens with zero attached hydrogens (tertiary/aromatic N) is 2. The van der Waals surface area contributed by atoms with Crippen LogP contribution in [-0.4, -0.2) is 63.5 Å². The number of benzene rings is 4. The highest BCUT2D eigenvalue weighted by atomic mass is 16.5. The molecule has 0 saturated heterocycles. The molecule has 248 valence electrons. The molecular weight excluding hydrogens is 656 g/mol. The van der Waals surface area contributed by atoms with Crippen LogP contribution in [0, 0.1) is 0 Å². The number of fused-ring (bicyclic) bond motifs is 2. The quantitative estimate of drug-likeness (QED) is 0.118. The Morgan fingerprint density at radius 3 is 1.20 bits per heavy atom. The third-order valence-corrected chi connectivity index (χ3v) is 7.70. The molecule has 0 saturated carbocycles. The second-order valence-electron chi connectivity index (χ2n) is 10.9. The Morgan fingerprint density at radius 2 is 0.860 bits per heavy atom. The van der Waals surface area contributed by atoms with Crippen LogP contribution in [0.4, 0.5) is 11.4 Å². The summed E-state index contributed by atoms with van der Waals surface area (Å²) >= 11 is 0. The highest BCUT2D eigenvalue weighted by Gasteiger charge is 2.41. The first-order valence-corrected chi connectivity index (χ1v) is 14.4. The molecule has 0 spiro atoms. The zero-order chi connectivity index (χ0) is 36.2. The lowest BCUT2D eigenvalue weighted by Crippen LogP contribution is -2.31. The predicted octanol–water partition coefficient (Wildman–Crippen LogP) is 3.77. The van der Waals surface area contributed by atoms with Crippen molar-refractivity contribution in [1.29, 1.82) is 0 Å². The molecule has 0 aromatic heterocycles. The maximum Gasteiger partial charge on any atom is 0.337 e. The highest BCUT2D eigenvalue weighted by molar-refractivity contribution is 6.37. The Bertz CT molecular complexity index is 2150. The van der Waals surface area contributed by atoms with Crippen LogP contribution in [0.2, 0.25) is 0 Å². The summed E-state index contributed by atoms with van der Waals surface area (Å²) in [6.07, 6.45) is 0. The van der Waals surface area contributed by atoms with Crippen LogP contribution in [0.25, 0.3) is 0 Å². The number of hydrogen-bond acceptors (Lipinski definition) is 11. The molecule has 2 aliphatic rings. The van der Waals surface area contributed by atoms with Gasteiger partial charge in [-0.3, -0.25) is 33.6 Å². The molecule has 2 heterocycles. The lowest BCUT2D eigenvalue weighted by Gasteiger charge is -2.17. The summed E-state index contributed by atoms with van der Waals surface area (Å²) in [7, 11) is 0. The number of rotatable bonds is 8. The van der Waals surface area contributed by atoms with Crippen molar-refractivity contribution in [3.8, 4) is 11.5 Å². The average Bonchev–Trinajstić information content (AvgIpc) is 3.46. The number of anilines is 2. The maximum absolute atomic E-state index is 13.6. The third-order valence-electron chi connectivity index (χ3n) is 7.70. The van der Waals surface area contributed by atoms with E-state index in [9.17, 15) is 53.4 Å². The van der Waals surface area contributed by atoms with Gasteiger partial charge in [-0.1, -0.05) is 12.1 Å². The van der Waals surface area contributed by atoms with Crippen LogP contribution >= 0.6 is 0 Å². The second kappa shape index (κ2) is 12.1. The van der Waals surface area contributed by atoms with Gasteiger partial charge in [-0.05, 0) is 60.7 Å². The van der Waals surface area contributed by atoms with Gasteiger partial charge in [-0.15, -0.1) is 0 Å². The van der Waals surface area contributed by atoms with Crippen molar-refractivity contribution in [1.82, 2.24) is 0 Å². The Morgan fingerprint density at radius 1 is 0.500 bits per heavy atom. The van der Waals surface area contributed by atoms with E-state index >= 15 is 0 Å². The van der Waals surface area contributed by atoms with E-state index in [0.29, 0.717) is 9.80 Å². The van der Waals surface area contributed by atoms with Gasteiger partial charge in [-0.25, -0.2) is 19.4 Å². The number of imide groups is 2. The molecule has 4 amide bonds. The van der Waals surface area contributed by atoms with Crippen molar-refractivity contribution >= 4 is 64.7 Å². The fourth-order valence-corrected chi connectivity index (χ4v) is 5.59. The first-order chi connectivity index (χ1) is 23.7. The molecule has 2 aliphatic heterocycles. The Hall–Kier alpha value is -7.29. The van der Waals surface area contributed by atoms with Crippen molar-refractivity contribution in [3.05, 3.63) is 117 Å². The van der Waals surface area contributed by atoms with Gasteiger partial charge in [0.2, 0.25) is 0 Å². The van der Waals surface area contributed by atoms with Crippen molar-refractivity contribution in [2.45, 2.75) is 13.8 Å². The number of esters is 2. The molecule has 0 radical (unpaired) electrons. The predicted molar refractivity (Wildman–Crippen MR) is 168 cm³/mol. The van der Waals surface area contributed by atoms with Crippen LogP contribution in [0.1, 0.15) is 91.9 Å². The monoisotopic (exact) mass is 676 g/mol.